The van der Waals surface area contributed by atoms with Gasteiger partial charge in [0.2, 0.25) is 0 Å². The number of halogens is 1. The van der Waals surface area contributed by atoms with Crippen molar-refractivity contribution in [2.75, 3.05) is 0 Å². The quantitative estimate of drug-likeness (QED) is 0.877. The van der Waals surface area contributed by atoms with E-state index in [2.05, 4.69) is 35.1 Å². The highest BCUT2D eigenvalue weighted by Gasteiger charge is 2.13. The molecule has 1 rings (SSSR count). The van der Waals surface area contributed by atoms with Crippen molar-refractivity contribution in [2.45, 2.75) is 39.2 Å². The lowest BCUT2D eigenvalue weighted by atomic mass is 10.1. The Labute approximate surface area is 103 Å². The predicted octanol–water partition coefficient (Wildman–Crippen LogP) is 3.82. The summed E-state index contributed by atoms with van der Waals surface area (Å²) >= 11 is 4.82. The monoisotopic (exact) mass is 289 g/mol. The van der Waals surface area contributed by atoms with Gasteiger partial charge in [-0.25, -0.2) is 0 Å². The highest BCUT2D eigenvalue weighted by Crippen LogP contribution is 2.22. The first kappa shape index (κ1) is 12.7. The van der Waals surface area contributed by atoms with Crippen LogP contribution in [0.5, 0.6) is 0 Å². The summed E-state index contributed by atoms with van der Waals surface area (Å²) < 4.78 is 0.882. The molecule has 0 aliphatic heterocycles. The van der Waals surface area contributed by atoms with Gasteiger partial charge in [-0.1, -0.05) is 19.8 Å². The minimum absolute atomic E-state index is 0.0282. The zero-order valence-electron chi connectivity index (χ0n) is 9.05. The first-order valence-electron chi connectivity index (χ1n) is 5.19. The van der Waals surface area contributed by atoms with Crippen molar-refractivity contribution in [2.24, 2.45) is 0 Å². The van der Waals surface area contributed by atoms with Gasteiger partial charge >= 0.3 is 0 Å². The van der Waals surface area contributed by atoms with Crippen LogP contribution in [0.15, 0.2) is 15.9 Å². The Balaban J connectivity index is 2.46. The van der Waals surface area contributed by atoms with Crippen LogP contribution in [-0.2, 0) is 0 Å². The molecule has 1 unspecified atom stereocenters. The lowest BCUT2D eigenvalue weighted by molar-refractivity contribution is 0.0941. The van der Waals surface area contributed by atoms with Gasteiger partial charge in [0.15, 0.2) is 0 Å². The molecule has 1 aromatic heterocycles. The second kappa shape index (κ2) is 6.28. The maximum Gasteiger partial charge on any atom is 0.262 e. The molecule has 84 valence electrons. The van der Waals surface area contributed by atoms with E-state index < -0.39 is 0 Å². The number of hydrogen-bond acceptors (Lipinski definition) is 2. The Bertz CT molecular complexity index is 324. The Morgan fingerprint density at radius 2 is 2.40 bits per heavy atom. The summed E-state index contributed by atoms with van der Waals surface area (Å²) in [6.07, 6.45) is 3.38. The van der Waals surface area contributed by atoms with Gasteiger partial charge in [-0.05, 0) is 40.7 Å². The Morgan fingerprint density at radius 3 is 2.93 bits per heavy atom. The molecule has 0 spiro atoms. The van der Waals surface area contributed by atoms with Gasteiger partial charge in [0.05, 0.1) is 0 Å². The molecule has 1 heterocycles. The van der Waals surface area contributed by atoms with Crippen LogP contribution in [0, 0.1) is 0 Å². The van der Waals surface area contributed by atoms with E-state index in [9.17, 15) is 4.79 Å². The third kappa shape index (κ3) is 3.95. The number of nitrogens with one attached hydrogen (secondary N) is 1. The SMILES string of the molecule is CCCCC(C)NC(=O)c1sccc1Br. The molecule has 0 fully saturated rings. The van der Waals surface area contributed by atoms with E-state index in [4.69, 9.17) is 0 Å². The van der Waals surface area contributed by atoms with Crippen molar-refractivity contribution in [1.29, 1.82) is 0 Å². The number of carbonyl (C=O) groups excluding carboxylic acids is 1. The van der Waals surface area contributed by atoms with Crippen LogP contribution < -0.4 is 5.32 Å². The van der Waals surface area contributed by atoms with Gasteiger partial charge in [0, 0.05) is 10.5 Å². The molecular weight excluding hydrogens is 274 g/mol. The van der Waals surface area contributed by atoms with Crippen LogP contribution in [-0.4, -0.2) is 11.9 Å². The van der Waals surface area contributed by atoms with Gasteiger partial charge in [-0.15, -0.1) is 11.3 Å². The summed E-state index contributed by atoms with van der Waals surface area (Å²) in [6.45, 7) is 4.21. The second-order valence-corrected chi connectivity index (χ2v) is 5.38. The van der Waals surface area contributed by atoms with Crippen molar-refractivity contribution >= 4 is 33.2 Å². The van der Waals surface area contributed by atoms with Gasteiger partial charge in [0.1, 0.15) is 4.88 Å². The smallest absolute Gasteiger partial charge is 0.262 e. The fourth-order valence-corrected chi connectivity index (χ4v) is 2.78. The lowest BCUT2D eigenvalue weighted by Gasteiger charge is -2.12. The highest BCUT2D eigenvalue weighted by atomic mass is 79.9. The standard InChI is InChI=1S/C11H16BrNOS/c1-3-4-5-8(2)13-11(14)10-9(12)6-7-15-10/h6-8H,3-5H2,1-2H3,(H,13,14). The van der Waals surface area contributed by atoms with E-state index >= 15 is 0 Å². The largest absolute Gasteiger partial charge is 0.349 e. The molecule has 2 nitrogen and oxygen atoms in total. The third-order valence-corrected chi connectivity index (χ3v) is 4.03. The fraction of sp³-hybridized carbons (Fsp3) is 0.545. The maximum absolute atomic E-state index is 11.8. The van der Waals surface area contributed by atoms with E-state index in [1.165, 1.54) is 17.8 Å². The maximum atomic E-state index is 11.8. The van der Waals surface area contributed by atoms with Crippen LogP contribution in [0.2, 0.25) is 0 Å². The third-order valence-electron chi connectivity index (χ3n) is 2.19. The molecule has 0 saturated heterocycles. The van der Waals surface area contributed by atoms with E-state index in [-0.39, 0.29) is 11.9 Å². The summed E-state index contributed by atoms with van der Waals surface area (Å²) in [6, 6.07) is 2.16. The van der Waals surface area contributed by atoms with E-state index in [0.29, 0.717) is 0 Å². The summed E-state index contributed by atoms with van der Waals surface area (Å²) in [5, 5.41) is 4.91. The molecule has 1 atom stereocenters. The van der Waals surface area contributed by atoms with Gasteiger partial charge in [-0.3, -0.25) is 4.79 Å². The number of unbranched alkanes of at least 4 members (excludes halogenated alkanes) is 1. The van der Waals surface area contributed by atoms with Gasteiger partial charge in [0.25, 0.3) is 5.91 Å². The number of thiophene rings is 1. The number of carbonyl (C=O) groups is 1. The fourth-order valence-electron chi connectivity index (χ4n) is 1.33. The van der Waals surface area contributed by atoms with Crippen LogP contribution in [0.3, 0.4) is 0 Å². The number of amides is 1. The molecule has 0 bridgehead atoms. The second-order valence-electron chi connectivity index (χ2n) is 3.61. The average molecular weight is 290 g/mol. The molecule has 0 aliphatic rings. The van der Waals surface area contributed by atoms with E-state index in [0.717, 1.165) is 22.2 Å². The molecule has 0 aromatic carbocycles. The van der Waals surface area contributed by atoms with Crippen LogP contribution >= 0.6 is 27.3 Å². The van der Waals surface area contributed by atoms with Gasteiger partial charge < -0.3 is 5.32 Å². The number of hydrogen-bond donors (Lipinski definition) is 1. The minimum Gasteiger partial charge on any atom is -0.349 e. The van der Waals surface area contributed by atoms with Crippen LogP contribution in [0.1, 0.15) is 42.8 Å². The molecule has 0 saturated carbocycles. The highest BCUT2D eigenvalue weighted by molar-refractivity contribution is 9.10. The molecule has 0 radical (unpaired) electrons. The summed E-state index contributed by atoms with van der Waals surface area (Å²) in [5.74, 6) is 0.0282. The normalized spacial score (nSPS) is 12.5. The Kier molecular flexibility index (Phi) is 5.32. The van der Waals surface area contributed by atoms with E-state index in [1.807, 2.05) is 11.4 Å². The van der Waals surface area contributed by atoms with Crippen molar-refractivity contribution in [3.63, 3.8) is 0 Å². The summed E-state index contributed by atoms with van der Waals surface area (Å²) in [5.41, 5.74) is 0. The van der Waals surface area contributed by atoms with Crippen molar-refractivity contribution in [3.8, 4) is 0 Å². The summed E-state index contributed by atoms with van der Waals surface area (Å²) in [4.78, 5) is 12.5. The molecule has 1 amide bonds. The number of rotatable bonds is 5. The van der Waals surface area contributed by atoms with Crippen LogP contribution in [0.4, 0.5) is 0 Å². The van der Waals surface area contributed by atoms with Crippen molar-refractivity contribution in [3.05, 3.63) is 20.8 Å². The summed E-state index contributed by atoms with van der Waals surface area (Å²) in [7, 11) is 0. The molecule has 4 heteroatoms. The van der Waals surface area contributed by atoms with E-state index in [1.54, 1.807) is 0 Å². The zero-order valence-corrected chi connectivity index (χ0v) is 11.5. The van der Waals surface area contributed by atoms with Crippen molar-refractivity contribution < 1.29 is 4.79 Å². The Hall–Kier alpha value is -0.350. The van der Waals surface area contributed by atoms with Crippen molar-refractivity contribution in [1.82, 2.24) is 5.32 Å². The molecular formula is C11H16BrNOS. The topological polar surface area (TPSA) is 29.1 Å². The molecule has 1 N–H and O–H groups in total. The van der Waals surface area contributed by atoms with Gasteiger partial charge in [-0.2, -0.15) is 0 Å². The molecule has 15 heavy (non-hydrogen) atoms. The first-order valence-corrected chi connectivity index (χ1v) is 6.86. The Morgan fingerprint density at radius 1 is 1.67 bits per heavy atom. The predicted molar refractivity (Wildman–Crippen MR) is 68.5 cm³/mol. The minimum atomic E-state index is 0.0282. The van der Waals surface area contributed by atoms with Crippen LogP contribution in [0.25, 0.3) is 0 Å². The first-order chi connectivity index (χ1) is 7.15. The molecule has 1 aromatic rings. The molecule has 0 aliphatic carbocycles. The average Bonchev–Trinajstić information content (AvgIpc) is 2.61. The zero-order chi connectivity index (χ0) is 11.3. The lowest BCUT2D eigenvalue weighted by Crippen LogP contribution is -2.32.